The molecule has 0 bridgehead atoms. The maximum absolute atomic E-state index is 4.40. The fraction of sp³-hybridized carbons (Fsp3) is 0.250. The van der Waals surface area contributed by atoms with Crippen LogP contribution in [-0.4, -0.2) is 37.6 Å². The molecule has 1 aliphatic rings. The predicted molar refractivity (Wildman–Crippen MR) is 113 cm³/mol. The van der Waals surface area contributed by atoms with Gasteiger partial charge in [0, 0.05) is 32.7 Å². The molecule has 134 valence electrons. The molecule has 1 saturated heterocycles. The third kappa shape index (κ3) is 4.81. The average molecular weight is 345 g/mol. The van der Waals surface area contributed by atoms with Crippen LogP contribution in [0, 0.1) is 6.92 Å². The third-order valence-corrected chi connectivity index (χ3v) is 4.85. The molecule has 0 radical (unpaired) electrons. The van der Waals surface area contributed by atoms with Crippen LogP contribution < -0.4 is 5.32 Å². The Balaban J connectivity index is 1.86. The minimum Gasteiger partial charge on any atom is -0.314 e. The zero-order valence-electron chi connectivity index (χ0n) is 15.7. The molecule has 2 aromatic rings. The lowest BCUT2D eigenvalue weighted by Gasteiger charge is -2.28. The number of aryl methyl sites for hydroxylation is 1. The van der Waals surface area contributed by atoms with E-state index >= 15 is 0 Å². The lowest BCUT2D eigenvalue weighted by atomic mass is 9.92. The zero-order valence-corrected chi connectivity index (χ0v) is 15.7. The second-order valence-corrected chi connectivity index (χ2v) is 6.94. The average Bonchev–Trinajstić information content (AvgIpc) is 2.68. The van der Waals surface area contributed by atoms with Gasteiger partial charge in [0.15, 0.2) is 0 Å². The number of allylic oxidation sites excluding steroid dienone is 1. The van der Waals surface area contributed by atoms with E-state index in [1.807, 2.05) is 6.07 Å². The van der Waals surface area contributed by atoms with E-state index in [4.69, 9.17) is 0 Å². The van der Waals surface area contributed by atoms with Crippen molar-refractivity contribution in [2.24, 2.45) is 0 Å². The Bertz CT molecular complexity index is 779. The first-order chi connectivity index (χ1) is 12.6. The van der Waals surface area contributed by atoms with Crippen molar-refractivity contribution in [1.82, 2.24) is 10.2 Å². The molecule has 0 aromatic heterocycles. The van der Waals surface area contributed by atoms with Crippen LogP contribution in [0.3, 0.4) is 0 Å². The van der Waals surface area contributed by atoms with Crippen LogP contribution in [0.1, 0.15) is 16.7 Å². The summed E-state index contributed by atoms with van der Waals surface area (Å²) in [5.41, 5.74) is 6.90. The quantitative estimate of drug-likeness (QED) is 0.611. The normalized spacial score (nSPS) is 15.7. The van der Waals surface area contributed by atoms with Gasteiger partial charge in [-0.3, -0.25) is 4.90 Å². The van der Waals surface area contributed by atoms with Crippen LogP contribution in [0.15, 0.2) is 78.9 Å². The number of rotatable bonds is 6. The summed E-state index contributed by atoms with van der Waals surface area (Å²) >= 11 is 0. The summed E-state index contributed by atoms with van der Waals surface area (Å²) in [7, 11) is 0. The number of benzene rings is 2. The van der Waals surface area contributed by atoms with Gasteiger partial charge >= 0.3 is 0 Å². The Morgan fingerprint density at radius 2 is 1.65 bits per heavy atom. The van der Waals surface area contributed by atoms with E-state index in [0.717, 1.165) is 49.4 Å². The first-order valence-electron chi connectivity index (χ1n) is 9.28. The van der Waals surface area contributed by atoms with Gasteiger partial charge < -0.3 is 5.32 Å². The minimum atomic E-state index is 0.874. The highest BCUT2D eigenvalue weighted by Gasteiger charge is 2.15. The van der Waals surface area contributed by atoms with Crippen LogP contribution in [0.2, 0.25) is 0 Å². The lowest BCUT2D eigenvalue weighted by molar-refractivity contribution is 0.261. The van der Waals surface area contributed by atoms with E-state index in [-0.39, 0.29) is 0 Å². The molecule has 3 rings (SSSR count). The topological polar surface area (TPSA) is 15.3 Å². The molecule has 2 aromatic carbocycles. The SMILES string of the molecule is C=C(CN1CCNCC1)C(=C)/C(=C/c1ccc(C)cc1)c1ccccc1. The summed E-state index contributed by atoms with van der Waals surface area (Å²) in [6.45, 7) is 16.0. The summed E-state index contributed by atoms with van der Waals surface area (Å²) in [6, 6.07) is 19.1. The van der Waals surface area contributed by atoms with Gasteiger partial charge in [-0.2, -0.15) is 0 Å². The highest BCUT2D eigenvalue weighted by atomic mass is 15.2. The summed E-state index contributed by atoms with van der Waals surface area (Å²) in [5.74, 6) is 0. The van der Waals surface area contributed by atoms with Crippen molar-refractivity contribution in [2.75, 3.05) is 32.7 Å². The third-order valence-electron chi connectivity index (χ3n) is 4.85. The van der Waals surface area contributed by atoms with Gasteiger partial charge in [-0.1, -0.05) is 73.3 Å². The van der Waals surface area contributed by atoms with Crippen molar-refractivity contribution in [2.45, 2.75) is 6.92 Å². The molecule has 1 N–H and O–H groups in total. The van der Waals surface area contributed by atoms with Gasteiger partial charge in [0.05, 0.1) is 0 Å². The van der Waals surface area contributed by atoms with E-state index in [0.29, 0.717) is 0 Å². The number of hydrogen-bond acceptors (Lipinski definition) is 2. The number of nitrogens with zero attached hydrogens (tertiary/aromatic N) is 1. The molecule has 0 saturated carbocycles. The Labute approximate surface area is 157 Å². The van der Waals surface area contributed by atoms with Gasteiger partial charge in [-0.05, 0) is 40.8 Å². The molecule has 2 heteroatoms. The molecule has 2 nitrogen and oxygen atoms in total. The molecule has 0 spiro atoms. The molecule has 0 atom stereocenters. The van der Waals surface area contributed by atoms with E-state index in [9.17, 15) is 0 Å². The Morgan fingerprint density at radius 1 is 1.00 bits per heavy atom. The van der Waals surface area contributed by atoms with Gasteiger partial charge in [0.2, 0.25) is 0 Å². The van der Waals surface area contributed by atoms with E-state index < -0.39 is 0 Å². The second kappa shape index (κ2) is 8.79. The number of piperazine rings is 1. The molecular weight excluding hydrogens is 316 g/mol. The fourth-order valence-electron chi connectivity index (χ4n) is 3.22. The summed E-state index contributed by atoms with van der Waals surface area (Å²) < 4.78 is 0. The molecule has 0 unspecified atom stereocenters. The Hall–Kier alpha value is -2.42. The summed E-state index contributed by atoms with van der Waals surface area (Å²) in [6.07, 6.45) is 2.22. The largest absolute Gasteiger partial charge is 0.314 e. The highest BCUT2D eigenvalue weighted by molar-refractivity contribution is 5.93. The van der Waals surface area contributed by atoms with Crippen molar-refractivity contribution >= 4 is 11.6 Å². The molecule has 1 fully saturated rings. The number of nitrogens with one attached hydrogen (secondary N) is 1. The van der Waals surface area contributed by atoms with Crippen LogP contribution in [0.4, 0.5) is 0 Å². The molecular formula is C24H28N2. The van der Waals surface area contributed by atoms with Gasteiger partial charge in [-0.15, -0.1) is 0 Å². The molecule has 26 heavy (non-hydrogen) atoms. The second-order valence-electron chi connectivity index (χ2n) is 6.94. The van der Waals surface area contributed by atoms with E-state index in [1.54, 1.807) is 0 Å². The molecule has 0 amide bonds. The highest BCUT2D eigenvalue weighted by Crippen LogP contribution is 2.29. The standard InChI is InChI=1S/C24H28N2/c1-19-9-11-22(12-10-19)17-24(23-7-5-4-6-8-23)21(3)20(2)18-26-15-13-25-14-16-26/h4-12,17,25H,2-3,13-16,18H2,1H3/b24-17-. The fourth-order valence-corrected chi connectivity index (χ4v) is 3.22. The van der Waals surface area contributed by atoms with Crippen molar-refractivity contribution in [3.8, 4) is 0 Å². The molecule has 1 heterocycles. The van der Waals surface area contributed by atoms with E-state index in [2.05, 4.69) is 84.9 Å². The van der Waals surface area contributed by atoms with Crippen molar-refractivity contribution in [3.05, 3.63) is 95.6 Å². The van der Waals surface area contributed by atoms with E-state index in [1.165, 1.54) is 16.7 Å². The van der Waals surface area contributed by atoms with Crippen LogP contribution >= 0.6 is 0 Å². The first-order valence-corrected chi connectivity index (χ1v) is 9.28. The van der Waals surface area contributed by atoms with Crippen LogP contribution in [-0.2, 0) is 0 Å². The Morgan fingerprint density at radius 3 is 2.31 bits per heavy atom. The minimum absolute atomic E-state index is 0.874. The number of hydrogen-bond donors (Lipinski definition) is 1. The monoisotopic (exact) mass is 344 g/mol. The summed E-state index contributed by atoms with van der Waals surface area (Å²) in [5, 5.41) is 3.40. The maximum atomic E-state index is 4.40. The maximum Gasteiger partial charge on any atom is 0.0234 e. The van der Waals surface area contributed by atoms with Crippen molar-refractivity contribution < 1.29 is 0 Å². The lowest BCUT2D eigenvalue weighted by Crippen LogP contribution is -2.44. The Kier molecular flexibility index (Phi) is 6.21. The van der Waals surface area contributed by atoms with Crippen molar-refractivity contribution in [3.63, 3.8) is 0 Å². The summed E-state index contributed by atoms with van der Waals surface area (Å²) in [4.78, 5) is 2.44. The van der Waals surface area contributed by atoms with Gasteiger partial charge in [0.1, 0.15) is 0 Å². The predicted octanol–water partition coefficient (Wildman–Crippen LogP) is 4.55. The van der Waals surface area contributed by atoms with Crippen LogP contribution in [0.25, 0.3) is 11.6 Å². The van der Waals surface area contributed by atoms with Gasteiger partial charge in [-0.25, -0.2) is 0 Å². The van der Waals surface area contributed by atoms with Crippen molar-refractivity contribution in [1.29, 1.82) is 0 Å². The zero-order chi connectivity index (χ0) is 18.4. The van der Waals surface area contributed by atoms with Gasteiger partial charge in [0.25, 0.3) is 0 Å². The van der Waals surface area contributed by atoms with Crippen LogP contribution in [0.5, 0.6) is 0 Å². The smallest absolute Gasteiger partial charge is 0.0234 e. The molecule has 0 aliphatic carbocycles. The first kappa shape index (κ1) is 18.4. The molecule has 1 aliphatic heterocycles.